The van der Waals surface area contributed by atoms with E-state index < -0.39 is 11.7 Å². The molecule has 5 nitrogen and oxygen atoms in total. The fraction of sp³-hybridized carbons (Fsp3) is 0.333. The van der Waals surface area contributed by atoms with Crippen molar-refractivity contribution in [2.45, 2.75) is 12.6 Å². The number of nitrogens with two attached hydrogens (primary N) is 1. The molecule has 0 bridgehead atoms. The smallest absolute Gasteiger partial charge is 0.397 e. The van der Waals surface area contributed by atoms with E-state index in [1.807, 2.05) is 0 Å². The van der Waals surface area contributed by atoms with Crippen LogP contribution in [0.4, 0.5) is 24.5 Å². The number of nitrogens with one attached hydrogen (secondary N) is 1. The molecule has 1 aromatic heterocycles. The monoisotopic (exact) mass is 285 g/mol. The first kappa shape index (κ1) is 14.2. The Kier molecular flexibility index (Phi) is 3.82. The Morgan fingerprint density at radius 1 is 1.35 bits per heavy atom. The summed E-state index contributed by atoms with van der Waals surface area (Å²) in [6.45, 7) is 0.486. The summed E-state index contributed by atoms with van der Waals surface area (Å²) in [6, 6.07) is 3.24. The highest BCUT2D eigenvalue weighted by Gasteiger charge is 2.30. The second-order valence-corrected chi connectivity index (χ2v) is 4.31. The van der Waals surface area contributed by atoms with Crippen LogP contribution < -0.4 is 11.1 Å². The van der Waals surface area contributed by atoms with E-state index in [2.05, 4.69) is 15.4 Å². The van der Waals surface area contributed by atoms with Gasteiger partial charge in [-0.05, 0) is 18.2 Å². The molecule has 0 radical (unpaired) electrons. The number of benzene rings is 1. The number of hydrogen-bond donors (Lipinski definition) is 2. The summed E-state index contributed by atoms with van der Waals surface area (Å²) < 4.78 is 39.0. The molecule has 0 amide bonds. The van der Waals surface area contributed by atoms with Crippen LogP contribution in [-0.2, 0) is 19.6 Å². The Bertz CT molecular complexity index is 591. The number of anilines is 2. The Morgan fingerprint density at radius 2 is 2.10 bits per heavy atom. The molecule has 2 aromatic rings. The molecule has 0 aliphatic carbocycles. The van der Waals surface area contributed by atoms with E-state index in [1.165, 1.54) is 6.07 Å². The quantitative estimate of drug-likeness (QED) is 0.844. The van der Waals surface area contributed by atoms with Crippen LogP contribution in [0.15, 0.2) is 24.5 Å². The maximum atomic E-state index is 12.5. The SMILES string of the molecule is Cn1cnc(CCNc2ccc(C(F)(F)F)cc2N)n1. The van der Waals surface area contributed by atoms with Crippen molar-refractivity contribution in [3.63, 3.8) is 0 Å². The summed E-state index contributed by atoms with van der Waals surface area (Å²) >= 11 is 0. The van der Waals surface area contributed by atoms with Crippen LogP contribution in [0.2, 0.25) is 0 Å². The highest BCUT2D eigenvalue weighted by molar-refractivity contribution is 5.67. The second-order valence-electron chi connectivity index (χ2n) is 4.31. The fourth-order valence-corrected chi connectivity index (χ4v) is 1.71. The lowest BCUT2D eigenvalue weighted by Crippen LogP contribution is -2.10. The topological polar surface area (TPSA) is 68.8 Å². The zero-order valence-electron chi connectivity index (χ0n) is 10.8. The maximum absolute atomic E-state index is 12.5. The minimum Gasteiger partial charge on any atom is -0.397 e. The first-order chi connectivity index (χ1) is 9.36. The zero-order valence-corrected chi connectivity index (χ0v) is 10.8. The Hall–Kier alpha value is -2.25. The largest absolute Gasteiger partial charge is 0.416 e. The molecule has 0 unspecified atom stereocenters. The number of nitrogens with zero attached hydrogens (tertiary/aromatic N) is 3. The van der Waals surface area contributed by atoms with Gasteiger partial charge in [-0.15, -0.1) is 0 Å². The third kappa shape index (κ3) is 3.40. The number of nitrogen functional groups attached to an aromatic ring is 1. The molecule has 8 heteroatoms. The summed E-state index contributed by atoms with van der Waals surface area (Å²) in [7, 11) is 1.76. The molecule has 108 valence electrons. The summed E-state index contributed by atoms with van der Waals surface area (Å²) in [5, 5.41) is 7.06. The first-order valence-electron chi connectivity index (χ1n) is 5.91. The Balaban J connectivity index is 1.96. The Labute approximate surface area is 113 Å². The van der Waals surface area contributed by atoms with Crippen molar-refractivity contribution in [2.75, 3.05) is 17.6 Å². The molecule has 0 aliphatic rings. The van der Waals surface area contributed by atoms with E-state index in [-0.39, 0.29) is 5.69 Å². The van der Waals surface area contributed by atoms with Gasteiger partial charge in [-0.2, -0.15) is 18.3 Å². The van der Waals surface area contributed by atoms with Crippen LogP contribution in [0.3, 0.4) is 0 Å². The van der Waals surface area contributed by atoms with E-state index in [9.17, 15) is 13.2 Å². The molecular formula is C12H14F3N5. The van der Waals surface area contributed by atoms with Gasteiger partial charge in [-0.25, -0.2) is 4.98 Å². The Morgan fingerprint density at radius 3 is 2.65 bits per heavy atom. The molecule has 0 fully saturated rings. The number of hydrogen-bond acceptors (Lipinski definition) is 4. The summed E-state index contributed by atoms with van der Waals surface area (Å²) in [5.41, 5.74) is 5.38. The molecule has 3 N–H and O–H groups in total. The average molecular weight is 285 g/mol. The van der Waals surface area contributed by atoms with Gasteiger partial charge in [-0.1, -0.05) is 0 Å². The van der Waals surface area contributed by atoms with Crippen molar-refractivity contribution >= 4 is 11.4 Å². The molecule has 0 atom stereocenters. The lowest BCUT2D eigenvalue weighted by atomic mass is 10.1. The van der Waals surface area contributed by atoms with E-state index >= 15 is 0 Å². The van der Waals surface area contributed by atoms with Gasteiger partial charge >= 0.3 is 6.18 Å². The van der Waals surface area contributed by atoms with Crippen molar-refractivity contribution in [1.82, 2.24) is 14.8 Å². The van der Waals surface area contributed by atoms with E-state index in [0.717, 1.165) is 12.1 Å². The van der Waals surface area contributed by atoms with Crippen LogP contribution in [0, 0.1) is 0 Å². The van der Waals surface area contributed by atoms with Gasteiger partial charge in [0.2, 0.25) is 0 Å². The van der Waals surface area contributed by atoms with Crippen LogP contribution in [-0.4, -0.2) is 21.3 Å². The van der Waals surface area contributed by atoms with Gasteiger partial charge in [0, 0.05) is 20.0 Å². The average Bonchev–Trinajstić information content (AvgIpc) is 2.76. The van der Waals surface area contributed by atoms with Crippen LogP contribution in [0.5, 0.6) is 0 Å². The maximum Gasteiger partial charge on any atom is 0.416 e. The van der Waals surface area contributed by atoms with Crippen molar-refractivity contribution in [2.24, 2.45) is 7.05 Å². The number of aromatic nitrogens is 3. The van der Waals surface area contributed by atoms with Gasteiger partial charge in [0.05, 0.1) is 16.9 Å². The summed E-state index contributed by atoms with van der Waals surface area (Å²) in [4.78, 5) is 4.05. The fourth-order valence-electron chi connectivity index (χ4n) is 1.71. The summed E-state index contributed by atoms with van der Waals surface area (Å²) in [5.74, 6) is 0.658. The lowest BCUT2D eigenvalue weighted by molar-refractivity contribution is -0.137. The molecular weight excluding hydrogens is 271 g/mol. The molecule has 0 aliphatic heterocycles. The van der Waals surface area contributed by atoms with Crippen molar-refractivity contribution in [1.29, 1.82) is 0 Å². The van der Waals surface area contributed by atoms with Gasteiger partial charge in [0.1, 0.15) is 6.33 Å². The number of rotatable bonds is 4. The normalized spacial score (nSPS) is 11.6. The highest BCUT2D eigenvalue weighted by atomic mass is 19.4. The van der Waals surface area contributed by atoms with E-state index in [1.54, 1.807) is 18.1 Å². The van der Waals surface area contributed by atoms with Gasteiger partial charge in [0.15, 0.2) is 5.82 Å². The molecule has 1 aromatic carbocycles. The predicted octanol–water partition coefficient (Wildman–Crippen LogP) is 2.07. The molecule has 0 saturated heterocycles. The predicted molar refractivity (Wildman–Crippen MR) is 69.1 cm³/mol. The standard InChI is InChI=1S/C12H14F3N5/c1-20-7-18-11(19-20)4-5-17-10-3-2-8(6-9(10)16)12(13,14)15/h2-3,6-7,17H,4-5,16H2,1H3. The number of alkyl halides is 3. The molecule has 1 heterocycles. The zero-order chi connectivity index (χ0) is 14.8. The molecule has 0 saturated carbocycles. The van der Waals surface area contributed by atoms with Crippen LogP contribution in [0.25, 0.3) is 0 Å². The minimum atomic E-state index is -4.38. The van der Waals surface area contributed by atoms with Crippen molar-refractivity contribution in [3.8, 4) is 0 Å². The number of aryl methyl sites for hydroxylation is 1. The highest BCUT2D eigenvalue weighted by Crippen LogP contribution is 2.32. The molecule has 0 spiro atoms. The van der Waals surface area contributed by atoms with E-state index in [0.29, 0.717) is 24.5 Å². The molecule has 20 heavy (non-hydrogen) atoms. The lowest BCUT2D eigenvalue weighted by Gasteiger charge is -2.12. The van der Waals surface area contributed by atoms with Crippen LogP contribution in [0.1, 0.15) is 11.4 Å². The molecule has 2 rings (SSSR count). The van der Waals surface area contributed by atoms with Gasteiger partial charge < -0.3 is 11.1 Å². The third-order valence-corrected chi connectivity index (χ3v) is 2.69. The third-order valence-electron chi connectivity index (χ3n) is 2.69. The second kappa shape index (κ2) is 5.40. The van der Waals surface area contributed by atoms with Crippen molar-refractivity contribution in [3.05, 3.63) is 35.9 Å². The first-order valence-corrected chi connectivity index (χ1v) is 5.91. The van der Waals surface area contributed by atoms with Crippen molar-refractivity contribution < 1.29 is 13.2 Å². The van der Waals surface area contributed by atoms with Gasteiger partial charge in [-0.3, -0.25) is 4.68 Å². The minimum absolute atomic E-state index is 0.0637. The number of halogens is 3. The van der Waals surface area contributed by atoms with E-state index in [4.69, 9.17) is 5.73 Å². The van der Waals surface area contributed by atoms with Crippen LogP contribution >= 0.6 is 0 Å². The van der Waals surface area contributed by atoms with Gasteiger partial charge in [0.25, 0.3) is 0 Å². The summed E-state index contributed by atoms with van der Waals surface area (Å²) in [6.07, 6.45) is -2.24.